The monoisotopic (exact) mass is 243 g/mol. The highest BCUT2D eigenvalue weighted by Gasteiger charge is 2.34. The molecular formula is C13H22ClNO. The minimum Gasteiger partial charge on any atom is -0.313 e. The van der Waals surface area contributed by atoms with Crippen LogP contribution in [0.5, 0.6) is 0 Å². The Morgan fingerprint density at radius 3 is 2.38 bits per heavy atom. The number of alkyl halides is 1. The summed E-state index contributed by atoms with van der Waals surface area (Å²) in [6.45, 7) is 10.7. The largest absolute Gasteiger partial charge is 0.313 e. The van der Waals surface area contributed by atoms with E-state index in [4.69, 9.17) is 11.6 Å². The van der Waals surface area contributed by atoms with Gasteiger partial charge in [0.2, 0.25) is 5.91 Å². The van der Waals surface area contributed by atoms with Crippen LogP contribution >= 0.6 is 11.6 Å². The average Bonchev–Trinajstić information content (AvgIpc) is 2.44. The summed E-state index contributed by atoms with van der Waals surface area (Å²) in [5, 5.41) is 0. The van der Waals surface area contributed by atoms with Crippen molar-refractivity contribution in [2.75, 3.05) is 5.88 Å². The number of carbonyl (C=O) groups excluding carboxylic acids is 1. The summed E-state index contributed by atoms with van der Waals surface area (Å²) in [5.41, 5.74) is 2.74. The Morgan fingerprint density at radius 1 is 1.50 bits per heavy atom. The predicted octanol–water partition coefficient (Wildman–Crippen LogP) is 3.56. The molecule has 0 saturated carbocycles. The Kier molecular flexibility index (Phi) is 4.06. The average molecular weight is 244 g/mol. The van der Waals surface area contributed by atoms with Gasteiger partial charge in [-0.3, -0.25) is 4.79 Å². The van der Waals surface area contributed by atoms with Gasteiger partial charge in [0.25, 0.3) is 0 Å². The van der Waals surface area contributed by atoms with Crippen molar-refractivity contribution >= 4 is 17.5 Å². The molecule has 16 heavy (non-hydrogen) atoms. The van der Waals surface area contributed by atoms with Crippen LogP contribution in [0, 0.1) is 5.41 Å². The molecule has 0 radical (unpaired) electrons. The van der Waals surface area contributed by atoms with Gasteiger partial charge in [0.15, 0.2) is 0 Å². The molecular weight excluding hydrogens is 222 g/mol. The van der Waals surface area contributed by atoms with E-state index in [-0.39, 0.29) is 23.2 Å². The lowest BCUT2D eigenvalue weighted by atomic mass is 9.87. The summed E-state index contributed by atoms with van der Waals surface area (Å²) in [5.74, 6) is 0.0822. The van der Waals surface area contributed by atoms with Crippen molar-refractivity contribution < 1.29 is 4.79 Å². The number of hydrogen-bond donors (Lipinski definition) is 0. The lowest BCUT2D eigenvalue weighted by molar-refractivity contribution is -0.128. The fourth-order valence-corrected chi connectivity index (χ4v) is 2.44. The first kappa shape index (κ1) is 13.6. The Balaban J connectivity index is 3.06. The van der Waals surface area contributed by atoms with Crippen LogP contribution in [-0.2, 0) is 4.79 Å². The van der Waals surface area contributed by atoms with E-state index in [9.17, 15) is 4.79 Å². The highest BCUT2D eigenvalue weighted by molar-refractivity contribution is 6.27. The van der Waals surface area contributed by atoms with E-state index in [1.54, 1.807) is 0 Å². The summed E-state index contributed by atoms with van der Waals surface area (Å²) >= 11 is 5.67. The summed E-state index contributed by atoms with van der Waals surface area (Å²) in [6.07, 6.45) is 2.10. The molecule has 0 atom stereocenters. The van der Waals surface area contributed by atoms with E-state index >= 15 is 0 Å². The first-order valence-electron chi connectivity index (χ1n) is 5.89. The second-order valence-electron chi connectivity index (χ2n) is 5.45. The molecule has 1 amide bonds. The van der Waals surface area contributed by atoms with E-state index in [1.165, 1.54) is 11.3 Å². The van der Waals surface area contributed by atoms with E-state index < -0.39 is 0 Å². The zero-order valence-electron chi connectivity index (χ0n) is 10.9. The molecule has 0 saturated heterocycles. The van der Waals surface area contributed by atoms with Gasteiger partial charge in [-0.1, -0.05) is 13.8 Å². The number of amides is 1. The van der Waals surface area contributed by atoms with Crippen LogP contribution in [0.2, 0.25) is 0 Å². The van der Waals surface area contributed by atoms with Crippen molar-refractivity contribution in [3.05, 3.63) is 11.3 Å². The Hall–Kier alpha value is -0.500. The van der Waals surface area contributed by atoms with Crippen LogP contribution in [0.25, 0.3) is 0 Å². The molecule has 0 aromatic heterocycles. The van der Waals surface area contributed by atoms with Crippen molar-refractivity contribution in [2.24, 2.45) is 5.41 Å². The SMILES string of the molecule is CC1=C(N(C(=O)CCl)C(C)C)CCC1(C)C. The maximum absolute atomic E-state index is 11.9. The molecule has 92 valence electrons. The molecule has 3 heteroatoms. The topological polar surface area (TPSA) is 20.3 Å². The fraction of sp³-hybridized carbons (Fsp3) is 0.769. The third kappa shape index (κ3) is 2.42. The lowest BCUT2D eigenvalue weighted by Gasteiger charge is -2.29. The van der Waals surface area contributed by atoms with Gasteiger partial charge in [-0.2, -0.15) is 0 Å². The van der Waals surface area contributed by atoms with Crippen molar-refractivity contribution in [1.82, 2.24) is 4.90 Å². The minimum absolute atomic E-state index is 0.0173. The van der Waals surface area contributed by atoms with Crippen molar-refractivity contribution in [1.29, 1.82) is 0 Å². The van der Waals surface area contributed by atoms with Gasteiger partial charge in [-0.15, -0.1) is 11.6 Å². The molecule has 1 aliphatic carbocycles. The molecule has 0 fully saturated rings. The fourth-order valence-electron chi connectivity index (χ4n) is 2.31. The standard InChI is InChI=1S/C13H22ClNO/c1-9(2)15(12(16)8-14)11-6-7-13(4,5)10(11)3/h9H,6-8H2,1-5H3. The van der Waals surface area contributed by atoms with Crippen LogP contribution in [0.3, 0.4) is 0 Å². The third-order valence-electron chi connectivity index (χ3n) is 3.63. The van der Waals surface area contributed by atoms with Gasteiger partial charge in [0.05, 0.1) is 0 Å². The van der Waals surface area contributed by atoms with Gasteiger partial charge < -0.3 is 4.90 Å². The highest BCUT2D eigenvalue weighted by atomic mass is 35.5. The van der Waals surface area contributed by atoms with Crippen LogP contribution < -0.4 is 0 Å². The molecule has 0 aromatic carbocycles. The molecule has 0 aromatic rings. The highest BCUT2D eigenvalue weighted by Crippen LogP contribution is 2.43. The number of nitrogens with zero attached hydrogens (tertiary/aromatic N) is 1. The Bertz CT molecular complexity index is 318. The number of allylic oxidation sites excluding steroid dienone is 2. The van der Waals surface area contributed by atoms with Gasteiger partial charge in [0, 0.05) is 11.7 Å². The summed E-state index contributed by atoms with van der Waals surface area (Å²) in [7, 11) is 0. The number of carbonyl (C=O) groups is 1. The molecule has 0 spiro atoms. The van der Waals surface area contributed by atoms with Crippen LogP contribution in [-0.4, -0.2) is 22.7 Å². The molecule has 2 nitrogen and oxygen atoms in total. The van der Waals surface area contributed by atoms with E-state index in [2.05, 4.69) is 20.8 Å². The molecule has 0 bridgehead atoms. The Morgan fingerprint density at radius 2 is 2.06 bits per heavy atom. The smallest absolute Gasteiger partial charge is 0.241 e. The first-order chi connectivity index (χ1) is 7.31. The first-order valence-corrected chi connectivity index (χ1v) is 6.43. The van der Waals surface area contributed by atoms with E-state index in [0.717, 1.165) is 12.8 Å². The van der Waals surface area contributed by atoms with Crippen molar-refractivity contribution in [3.8, 4) is 0 Å². The van der Waals surface area contributed by atoms with Gasteiger partial charge in [-0.05, 0) is 44.6 Å². The zero-order valence-corrected chi connectivity index (χ0v) is 11.7. The molecule has 0 N–H and O–H groups in total. The Labute approximate surface area is 104 Å². The van der Waals surface area contributed by atoms with Crippen molar-refractivity contribution in [3.63, 3.8) is 0 Å². The molecule has 0 heterocycles. The van der Waals surface area contributed by atoms with Crippen molar-refractivity contribution in [2.45, 2.75) is 53.5 Å². The third-order valence-corrected chi connectivity index (χ3v) is 3.85. The molecule has 1 rings (SSSR count). The van der Waals surface area contributed by atoms with Crippen LogP contribution in [0.1, 0.15) is 47.5 Å². The summed E-state index contributed by atoms with van der Waals surface area (Å²) in [6, 6.07) is 0.185. The molecule has 0 unspecified atom stereocenters. The lowest BCUT2D eigenvalue weighted by Crippen LogP contribution is -2.37. The predicted molar refractivity (Wildman–Crippen MR) is 68.4 cm³/mol. The van der Waals surface area contributed by atoms with Crippen LogP contribution in [0.4, 0.5) is 0 Å². The normalized spacial score (nSPS) is 19.4. The summed E-state index contributed by atoms with van der Waals surface area (Å²) in [4.78, 5) is 13.7. The maximum atomic E-state index is 11.9. The van der Waals surface area contributed by atoms with E-state index in [1.807, 2.05) is 18.7 Å². The van der Waals surface area contributed by atoms with Gasteiger partial charge in [-0.25, -0.2) is 0 Å². The maximum Gasteiger partial charge on any atom is 0.241 e. The number of halogens is 1. The second kappa shape index (κ2) is 4.79. The van der Waals surface area contributed by atoms with Crippen LogP contribution in [0.15, 0.2) is 11.3 Å². The quantitative estimate of drug-likeness (QED) is 0.695. The minimum atomic E-state index is 0.0173. The number of rotatable bonds is 3. The van der Waals surface area contributed by atoms with Gasteiger partial charge in [0.1, 0.15) is 5.88 Å². The molecule has 1 aliphatic rings. The van der Waals surface area contributed by atoms with E-state index in [0.29, 0.717) is 0 Å². The molecule has 0 aliphatic heterocycles. The second-order valence-corrected chi connectivity index (χ2v) is 5.71. The number of hydrogen-bond acceptors (Lipinski definition) is 1. The summed E-state index contributed by atoms with van der Waals surface area (Å²) < 4.78 is 0. The van der Waals surface area contributed by atoms with Gasteiger partial charge >= 0.3 is 0 Å². The zero-order chi connectivity index (χ0) is 12.5.